The van der Waals surface area contributed by atoms with Gasteiger partial charge < -0.3 is 0 Å². The number of benzene rings is 2. The third-order valence-corrected chi connectivity index (χ3v) is 5.01. The first-order chi connectivity index (χ1) is 8.88. The normalized spacial score (nSPS) is 11.3. The van der Waals surface area contributed by atoms with Crippen LogP contribution in [0.2, 0.25) is 0 Å². The molecule has 2 aromatic rings. The summed E-state index contributed by atoms with van der Waals surface area (Å²) in [7, 11) is -3.57. The van der Waals surface area contributed by atoms with Crippen molar-refractivity contribution in [3.8, 4) is 0 Å². The molecule has 0 unspecified atom stereocenters. The van der Waals surface area contributed by atoms with Gasteiger partial charge in [-0.3, -0.25) is 4.72 Å². The van der Waals surface area contributed by atoms with Crippen LogP contribution in [0.3, 0.4) is 0 Å². The Hall–Kier alpha value is -1.33. The lowest BCUT2D eigenvalue weighted by Gasteiger charge is -2.10. The lowest BCUT2D eigenvalue weighted by atomic mass is 10.2. The number of anilines is 1. The first kappa shape index (κ1) is 14.1. The zero-order chi connectivity index (χ0) is 14.0. The quantitative estimate of drug-likeness (QED) is 0.922. The van der Waals surface area contributed by atoms with E-state index in [1.165, 1.54) is 0 Å². The van der Waals surface area contributed by atoms with Crippen LogP contribution in [0.4, 0.5) is 5.69 Å². The molecule has 100 valence electrons. The number of nitrogens with one attached hydrogen (secondary N) is 1. The highest BCUT2D eigenvalue weighted by Gasteiger charge is 2.17. The maximum atomic E-state index is 12.3. The second-order valence-corrected chi connectivity index (χ2v) is 6.91. The summed E-state index contributed by atoms with van der Waals surface area (Å²) < 4.78 is 27.7. The Morgan fingerprint density at radius 1 is 1.00 bits per heavy atom. The van der Waals surface area contributed by atoms with Gasteiger partial charge in [0.15, 0.2) is 0 Å². The van der Waals surface area contributed by atoms with Crippen LogP contribution in [0.5, 0.6) is 0 Å². The summed E-state index contributed by atoms with van der Waals surface area (Å²) in [5.74, 6) is 0. The molecule has 0 aliphatic rings. The van der Waals surface area contributed by atoms with Gasteiger partial charge in [-0.2, -0.15) is 0 Å². The lowest BCUT2D eigenvalue weighted by Crippen LogP contribution is -2.13. The van der Waals surface area contributed by atoms with Crippen LogP contribution in [0.15, 0.2) is 51.8 Å². The number of hydrogen-bond donors (Lipinski definition) is 1. The molecule has 0 heterocycles. The molecule has 0 spiro atoms. The van der Waals surface area contributed by atoms with E-state index in [2.05, 4.69) is 20.7 Å². The summed E-state index contributed by atoms with van der Waals surface area (Å²) in [5.41, 5.74) is 2.57. The van der Waals surface area contributed by atoms with Gasteiger partial charge in [0.05, 0.1) is 0 Å². The van der Waals surface area contributed by atoms with Crippen molar-refractivity contribution in [2.24, 2.45) is 0 Å². The summed E-state index contributed by atoms with van der Waals surface area (Å²) in [6, 6.07) is 12.4. The van der Waals surface area contributed by atoms with E-state index in [1.54, 1.807) is 30.3 Å². The summed E-state index contributed by atoms with van der Waals surface area (Å²) in [6.45, 7) is 3.83. The van der Waals surface area contributed by atoms with Crippen LogP contribution >= 0.6 is 15.9 Å². The van der Waals surface area contributed by atoms with Crippen molar-refractivity contribution in [2.75, 3.05) is 4.72 Å². The molecule has 3 nitrogen and oxygen atoms in total. The van der Waals surface area contributed by atoms with Gasteiger partial charge in [0.25, 0.3) is 10.0 Å². The number of hydrogen-bond acceptors (Lipinski definition) is 2. The number of rotatable bonds is 3. The fourth-order valence-electron chi connectivity index (χ4n) is 1.74. The topological polar surface area (TPSA) is 46.2 Å². The molecule has 0 aromatic heterocycles. The molecule has 0 saturated heterocycles. The molecular weight excluding hydrogens is 326 g/mol. The van der Waals surface area contributed by atoms with Crippen molar-refractivity contribution >= 4 is 31.6 Å². The Kier molecular flexibility index (Phi) is 3.96. The molecule has 1 N–H and O–H groups in total. The molecule has 19 heavy (non-hydrogen) atoms. The Morgan fingerprint density at radius 2 is 1.68 bits per heavy atom. The maximum Gasteiger partial charge on any atom is 0.263 e. The monoisotopic (exact) mass is 339 g/mol. The second-order valence-electron chi connectivity index (χ2n) is 4.41. The van der Waals surface area contributed by atoms with Gasteiger partial charge in [-0.15, -0.1) is 0 Å². The summed E-state index contributed by atoms with van der Waals surface area (Å²) >= 11 is 3.29. The highest BCUT2D eigenvalue weighted by Crippen LogP contribution is 2.25. The van der Waals surface area contributed by atoms with Gasteiger partial charge in [-0.05, 0) is 65.2 Å². The smallest absolute Gasteiger partial charge is 0.263 e. The molecule has 0 fully saturated rings. The molecule has 0 aliphatic carbocycles. The highest BCUT2D eigenvalue weighted by molar-refractivity contribution is 9.10. The van der Waals surface area contributed by atoms with Crippen molar-refractivity contribution in [1.29, 1.82) is 0 Å². The Bertz CT molecular complexity index is 711. The Morgan fingerprint density at radius 3 is 2.32 bits per heavy atom. The average Bonchev–Trinajstić information content (AvgIpc) is 2.27. The predicted molar refractivity (Wildman–Crippen MR) is 80.9 cm³/mol. The average molecular weight is 340 g/mol. The molecule has 0 saturated carbocycles. The molecule has 0 atom stereocenters. The molecule has 0 bridgehead atoms. The minimum absolute atomic E-state index is 0.236. The van der Waals surface area contributed by atoms with E-state index in [-0.39, 0.29) is 4.90 Å². The SMILES string of the molecule is Cc1cccc(NS(=O)(=O)c2ccc(C)cc2Br)c1. The summed E-state index contributed by atoms with van der Waals surface area (Å²) in [4.78, 5) is 0.236. The van der Waals surface area contributed by atoms with E-state index in [0.29, 0.717) is 10.2 Å². The molecule has 2 rings (SSSR count). The van der Waals surface area contributed by atoms with E-state index < -0.39 is 10.0 Å². The molecule has 5 heteroatoms. The van der Waals surface area contributed by atoms with Crippen LogP contribution in [0, 0.1) is 13.8 Å². The molecule has 0 radical (unpaired) electrons. The van der Waals surface area contributed by atoms with Gasteiger partial charge in [-0.25, -0.2) is 8.42 Å². The predicted octanol–water partition coefficient (Wildman–Crippen LogP) is 3.87. The van der Waals surface area contributed by atoms with Gasteiger partial charge >= 0.3 is 0 Å². The Balaban J connectivity index is 2.38. The molecule has 0 amide bonds. The van der Waals surface area contributed by atoms with Gasteiger partial charge in [0.1, 0.15) is 4.90 Å². The molecule has 2 aromatic carbocycles. The van der Waals surface area contributed by atoms with Crippen LogP contribution in [0.1, 0.15) is 11.1 Å². The molecular formula is C14H14BrNO2S. The van der Waals surface area contributed by atoms with E-state index >= 15 is 0 Å². The molecule has 0 aliphatic heterocycles. The van der Waals surface area contributed by atoms with E-state index in [4.69, 9.17) is 0 Å². The van der Waals surface area contributed by atoms with Gasteiger partial charge in [-0.1, -0.05) is 18.2 Å². The zero-order valence-electron chi connectivity index (χ0n) is 10.6. The van der Waals surface area contributed by atoms with Crippen molar-refractivity contribution in [3.63, 3.8) is 0 Å². The standard InChI is InChI=1S/C14H14BrNO2S/c1-10-4-3-5-12(8-10)16-19(17,18)14-7-6-11(2)9-13(14)15/h3-9,16H,1-2H3. The fraction of sp³-hybridized carbons (Fsp3) is 0.143. The van der Waals surface area contributed by atoms with Crippen LogP contribution in [0.25, 0.3) is 0 Å². The number of halogens is 1. The van der Waals surface area contributed by atoms with E-state index in [9.17, 15) is 8.42 Å². The van der Waals surface area contributed by atoms with Crippen molar-refractivity contribution in [1.82, 2.24) is 0 Å². The summed E-state index contributed by atoms with van der Waals surface area (Å²) in [6.07, 6.45) is 0. The van der Waals surface area contributed by atoms with Crippen molar-refractivity contribution in [3.05, 3.63) is 58.1 Å². The van der Waals surface area contributed by atoms with E-state index in [1.807, 2.05) is 26.0 Å². The minimum atomic E-state index is -3.57. The van der Waals surface area contributed by atoms with Crippen LogP contribution in [-0.2, 0) is 10.0 Å². The number of aryl methyl sites for hydroxylation is 2. The minimum Gasteiger partial charge on any atom is -0.280 e. The van der Waals surface area contributed by atoms with Crippen LogP contribution in [-0.4, -0.2) is 8.42 Å². The zero-order valence-corrected chi connectivity index (χ0v) is 13.0. The van der Waals surface area contributed by atoms with Gasteiger partial charge in [0.2, 0.25) is 0 Å². The highest BCUT2D eigenvalue weighted by atomic mass is 79.9. The van der Waals surface area contributed by atoms with Crippen LogP contribution < -0.4 is 4.72 Å². The third-order valence-electron chi connectivity index (χ3n) is 2.65. The van der Waals surface area contributed by atoms with Crippen molar-refractivity contribution in [2.45, 2.75) is 18.7 Å². The largest absolute Gasteiger partial charge is 0.280 e. The Labute approximate surface area is 121 Å². The fourth-order valence-corrected chi connectivity index (χ4v) is 3.99. The third kappa shape index (κ3) is 3.36. The second kappa shape index (κ2) is 5.35. The van der Waals surface area contributed by atoms with E-state index in [0.717, 1.165) is 11.1 Å². The maximum absolute atomic E-state index is 12.3. The van der Waals surface area contributed by atoms with Gasteiger partial charge in [0, 0.05) is 10.2 Å². The number of sulfonamides is 1. The van der Waals surface area contributed by atoms with Crippen molar-refractivity contribution < 1.29 is 8.42 Å². The summed E-state index contributed by atoms with van der Waals surface area (Å²) in [5, 5.41) is 0. The first-order valence-electron chi connectivity index (χ1n) is 5.74. The lowest BCUT2D eigenvalue weighted by molar-refractivity contribution is 0.600. The first-order valence-corrected chi connectivity index (χ1v) is 8.02.